The summed E-state index contributed by atoms with van der Waals surface area (Å²) in [5.41, 5.74) is 1.22. The molecular weight excluding hydrogens is 320 g/mol. The van der Waals surface area contributed by atoms with E-state index in [0.29, 0.717) is 0 Å². The van der Waals surface area contributed by atoms with E-state index in [1.165, 1.54) is 24.8 Å². The fourth-order valence-corrected chi connectivity index (χ4v) is 4.59. The molecule has 0 aliphatic carbocycles. The minimum atomic E-state index is 0.0741. The van der Waals surface area contributed by atoms with E-state index < -0.39 is 0 Å². The number of benzene rings is 1. The smallest absolute Gasteiger partial charge is 0.230 e. The minimum Gasteiger partial charge on any atom is -0.492 e. The number of piperidine rings is 1. The van der Waals surface area contributed by atoms with E-state index in [9.17, 15) is 5.11 Å². The third-order valence-electron chi connectivity index (χ3n) is 4.68. The maximum absolute atomic E-state index is 10.8. The number of aryl methyl sites for hydroxylation is 1. The fourth-order valence-electron chi connectivity index (χ4n) is 3.46. The largest absolute Gasteiger partial charge is 0.492 e. The lowest BCUT2D eigenvalue weighted by Crippen LogP contribution is -2.34. The van der Waals surface area contributed by atoms with Crippen LogP contribution in [0.1, 0.15) is 48.5 Å². The van der Waals surface area contributed by atoms with Gasteiger partial charge in [0.1, 0.15) is 0 Å². The van der Waals surface area contributed by atoms with Gasteiger partial charge in [0.05, 0.1) is 10.9 Å². The molecule has 0 spiro atoms. The molecule has 1 aromatic carbocycles. The summed E-state index contributed by atoms with van der Waals surface area (Å²) in [6.07, 6.45) is 4.49. The third kappa shape index (κ3) is 2.70. The van der Waals surface area contributed by atoms with Gasteiger partial charge in [-0.1, -0.05) is 55.0 Å². The number of nitrogens with zero attached hydrogens (tertiary/aromatic N) is 4. The van der Waals surface area contributed by atoms with Crippen molar-refractivity contribution in [3.8, 4) is 5.88 Å². The van der Waals surface area contributed by atoms with Crippen LogP contribution in [0.3, 0.4) is 0 Å². The van der Waals surface area contributed by atoms with Crippen molar-refractivity contribution in [3.63, 3.8) is 0 Å². The number of hydrogen-bond donors (Lipinski definition) is 1. The van der Waals surface area contributed by atoms with Crippen LogP contribution < -0.4 is 0 Å². The second-order valence-corrected chi connectivity index (χ2v) is 7.28. The Morgan fingerprint density at radius 1 is 1.17 bits per heavy atom. The average Bonchev–Trinajstić information content (AvgIpc) is 3.17. The highest BCUT2D eigenvalue weighted by Gasteiger charge is 2.30. The predicted octanol–water partition coefficient (Wildman–Crippen LogP) is 3.63. The molecule has 1 saturated heterocycles. The molecule has 0 radical (unpaired) electrons. The number of fused-ring (bicyclic) bond motifs is 1. The van der Waals surface area contributed by atoms with Crippen molar-refractivity contribution in [2.24, 2.45) is 0 Å². The van der Waals surface area contributed by atoms with Gasteiger partial charge in [0.25, 0.3) is 0 Å². The van der Waals surface area contributed by atoms with E-state index in [4.69, 9.17) is 0 Å². The second kappa shape index (κ2) is 6.53. The molecule has 5 nitrogen and oxygen atoms in total. The van der Waals surface area contributed by atoms with Crippen molar-refractivity contribution < 1.29 is 5.11 Å². The summed E-state index contributed by atoms with van der Waals surface area (Å²) in [4.78, 5) is 8.72. The van der Waals surface area contributed by atoms with E-state index in [-0.39, 0.29) is 11.9 Å². The molecule has 1 fully saturated rings. The van der Waals surface area contributed by atoms with Gasteiger partial charge in [-0.25, -0.2) is 4.98 Å². The Hall–Kier alpha value is -1.92. The number of aromatic nitrogens is 3. The topological polar surface area (TPSA) is 53.7 Å². The zero-order chi connectivity index (χ0) is 16.5. The highest BCUT2D eigenvalue weighted by Crippen LogP contribution is 2.40. The molecule has 126 valence electrons. The molecule has 2 aromatic heterocycles. The third-order valence-corrected chi connectivity index (χ3v) is 5.75. The molecule has 1 atom stereocenters. The van der Waals surface area contributed by atoms with Crippen LogP contribution in [-0.2, 0) is 6.42 Å². The first-order valence-corrected chi connectivity index (χ1v) is 9.46. The molecule has 6 heteroatoms. The van der Waals surface area contributed by atoms with E-state index in [0.717, 1.165) is 35.2 Å². The predicted molar refractivity (Wildman–Crippen MR) is 95.6 cm³/mol. The van der Waals surface area contributed by atoms with Crippen LogP contribution in [0.5, 0.6) is 5.88 Å². The molecule has 3 aromatic rings. The fraction of sp³-hybridized carbons (Fsp3) is 0.444. The van der Waals surface area contributed by atoms with Gasteiger partial charge in [-0.3, -0.25) is 4.90 Å². The van der Waals surface area contributed by atoms with Crippen LogP contribution >= 0.6 is 11.3 Å². The van der Waals surface area contributed by atoms with Crippen molar-refractivity contribution in [3.05, 3.63) is 46.6 Å². The van der Waals surface area contributed by atoms with Gasteiger partial charge >= 0.3 is 0 Å². The number of hydrogen-bond acceptors (Lipinski definition) is 5. The normalized spacial score (nSPS) is 17.4. The molecule has 0 unspecified atom stereocenters. The second-order valence-electron chi connectivity index (χ2n) is 6.28. The summed E-state index contributed by atoms with van der Waals surface area (Å²) in [5.74, 6) is 1.01. The summed E-state index contributed by atoms with van der Waals surface area (Å²) in [6.45, 7) is 4.15. The van der Waals surface area contributed by atoms with Gasteiger partial charge in [0.2, 0.25) is 10.8 Å². The monoisotopic (exact) mass is 342 g/mol. The van der Waals surface area contributed by atoms with Crippen LogP contribution in [0.25, 0.3) is 4.96 Å². The highest BCUT2D eigenvalue weighted by atomic mass is 32.1. The summed E-state index contributed by atoms with van der Waals surface area (Å²) < 4.78 is 1.60. The number of likely N-dealkylation sites (tertiary alicyclic amines) is 1. The molecule has 0 saturated carbocycles. The molecular formula is C18H22N4OS. The molecule has 1 aliphatic heterocycles. The van der Waals surface area contributed by atoms with Crippen molar-refractivity contribution in [2.75, 3.05) is 13.1 Å². The number of rotatable bonds is 4. The lowest BCUT2D eigenvalue weighted by Gasteiger charge is -2.34. The average molecular weight is 342 g/mol. The zero-order valence-corrected chi connectivity index (χ0v) is 14.7. The van der Waals surface area contributed by atoms with Crippen LogP contribution in [0.2, 0.25) is 0 Å². The molecule has 0 amide bonds. The zero-order valence-electron chi connectivity index (χ0n) is 13.9. The van der Waals surface area contributed by atoms with Crippen LogP contribution in [0.4, 0.5) is 0 Å². The summed E-state index contributed by atoms with van der Waals surface area (Å²) >= 11 is 1.55. The Labute approximate surface area is 145 Å². The first-order chi connectivity index (χ1) is 11.8. The highest BCUT2D eigenvalue weighted by molar-refractivity contribution is 7.17. The van der Waals surface area contributed by atoms with Crippen molar-refractivity contribution in [2.45, 2.75) is 38.6 Å². The molecule has 0 bridgehead atoms. The molecule has 4 rings (SSSR count). The first kappa shape index (κ1) is 15.6. The Kier molecular flexibility index (Phi) is 4.24. The van der Waals surface area contributed by atoms with Gasteiger partial charge in [-0.15, -0.1) is 5.10 Å². The van der Waals surface area contributed by atoms with E-state index >= 15 is 0 Å². The molecule has 1 N–H and O–H groups in total. The Morgan fingerprint density at radius 3 is 2.58 bits per heavy atom. The van der Waals surface area contributed by atoms with Crippen molar-refractivity contribution >= 4 is 16.3 Å². The summed E-state index contributed by atoms with van der Waals surface area (Å²) in [5, 5.41) is 15.2. The maximum Gasteiger partial charge on any atom is 0.230 e. The SMILES string of the molecule is CCc1nc2sc([C@@H](c3ccccc3)N3CCCCC3)c(O)n2n1. The van der Waals surface area contributed by atoms with Crippen LogP contribution in [-0.4, -0.2) is 37.7 Å². The van der Waals surface area contributed by atoms with Crippen LogP contribution in [0.15, 0.2) is 30.3 Å². The Balaban J connectivity index is 1.80. The molecule has 1 aliphatic rings. The minimum absolute atomic E-state index is 0.0741. The van der Waals surface area contributed by atoms with Gasteiger partial charge in [-0.05, 0) is 31.5 Å². The van der Waals surface area contributed by atoms with Crippen molar-refractivity contribution in [1.82, 2.24) is 19.5 Å². The van der Waals surface area contributed by atoms with Crippen LogP contribution in [0, 0.1) is 0 Å². The standard InChI is InChI=1S/C18H22N4OS/c1-2-14-19-18-22(20-14)17(23)16(24-18)15(13-9-5-3-6-10-13)21-11-7-4-8-12-21/h3,5-6,9-10,15,23H,2,4,7-8,11-12H2,1H3/t15-/m1/s1. The summed E-state index contributed by atoms with van der Waals surface area (Å²) in [6, 6.07) is 10.5. The van der Waals surface area contributed by atoms with Crippen molar-refractivity contribution in [1.29, 1.82) is 0 Å². The lowest BCUT2D eigenvalue weighted by atomic mass is 10.0. The molecule has 24 heavy (non-hydrogen) atoms. The van der Waals surface area contributed by atoms with E-state index in [2.05, 4.69) is 39.2 Å². The molecule has 3 heterocycles. The maximum atomic E-state index is 10.8. The number of aromatic hydroxyl groups is 1. The lowest BCUT2D eigenvalue weighted by molar-refractivity contribution is 0.186. The van der Waals surface area contributed by atoms with Gasteiger partial charge < -0.3 is 5.11 Å². The van der Waals surface area contributed by atoms with E-state index in [1.54, 1.807) is 15.9 Å². The van der Waals surface area contributed by atoms with Gasteiger partial charge in [0.15, 0.2) is 5.82 Å². The van der Waals surface area contributed by atoms with Gasteiger partial charge in [-0.2, -0.15) is 4.52 Å². The Bertz CT molecular complexity index is 820. The Morgan fingerprint density at radius 2 is 1.92 bits per heavy atom. The van der Waals surface area contributed by atoms with E-state index in [1.807, 2.05) is 13.0 Å². The van der Waals surface area contributed by atoms with Gasteiger partial charge in [0, 0.05) is 6.42 Å². The first-order valence-electron chi connectivity index (χ1n) is 8.64. The summed E-state index contributed by atoms with van der Waals surface area (Å²) in [7, 11) is 0. The quantitative estimate of drug-likeness (QED) is 0.786. The number of thiazole rings is 1.